The Hall–Kier alpha value is -3.19. The second kappa shape index (κ2) is 6.85. The summed E-state index contributed by atoms with van der Waals surface area (Å²) in [4.78, 5) is 29.9. The van der Waals surface area contributed by atoms with Crippen molar-refractivity contribution in [1.29, 1.82) is 0 Å². The van der Waals surface area contributed by atoms with Crippen molar-refractivity contribution in [2.24, 2.45) is 0 Å². The molecule has 4 rings (SSSR count). The molecule has 1 N–H and O–H groups in total. The van der Waals surface area contributed by atoms with Gasteiger partial charge in [0.25, 0.3) is 5.56 Å². The molecule has 0 fully saturated rings. The number of carbonyl (C=O) groups excluding carboxylic acids is 1. The molecule has 0 atom stereocenters. The van der Waals surface area contributed by atoms with Crippen LogP contribution in [0.1, 0.15) is 5.82 Å². The minimum Gasteiger partial charge on any atom is -0.497 e. The van der Waals surface area contributed by atoms with E-state index in [0.29, 0.717) is 27.5 Å². The van der Waals surface area contributed by atoms with E-state index in [1.165, 1.54) is 15.9 Å². The molecule has 0 unspecified atom stereocenters. The van der Waals surface area contributed by atoms with E-state index < -0.39 is 0 Å². The van der Waals surface area contributed by atoms with Gasteiger partial charge in [-0.2, -0.15) is 0 Å². The number of hydrogen-bond donors (Lipinski definition) is 1. The van der Waals surface area contributed by atoms with Crippen molar-refractivity contribution in [2.75, 3.05) is 12.4 Å². The van der Waals surface area contributed by atoms with Gasteiger partial charge < -0.3 is 10.1 Å². The van der Waals surface area contributed by atoms with E-state index in [9.17, 15) is 9.59 Å². The van der Waals surface area contributed by atoms with Crippen molar-refractivity contribution < 1.29 is 9.53 Å². The van der Waals surface area contributed by atoms with Gasteiger partial charge in [0.15, 0.2) is 0 Å². The highest BCUT2D eigenvalue weighted by Gasteiger charge is 2.15. The van der Waals surface area contributed by atoms with E-state index in [4.69, 9.17) is 4.74 Å². The third-order valence-electron chi connectivity index (χ3n) is 4.35. The van der Waals surface area contributed by atoms with Gasteiger partial charge in [-0.25, -0.2) is 4.98 Å². The molecule has 2 heterocycles. The monoisotopic (exact) mass is 379 g/mol. The number of nitrogens with zero attached hydrogens (tertiary/aromatic N) is 2. The number of benzene rings is 2. The molecular weight excluding hydrogens is 362 g/mol. The number of rotatable bonds is 4. The van der Waals surface area contributed by atoms with Crippen molar-refractivity contribution in [3.05, 3.63) is 64.7 Å². The van der Waals surface area contributed by atoms with Crippen LogP contribution >= 0.6 is 11.3 Å². The number of hydrogen-bond acceptors (Lipinski definition) is 5. The van der Waals surface area contributed by atoms with Gasteiger partial charge in [-0.1, -0.05) is 18.2 Å². The molecule has 0 bridgehead atoms. The number of anilines is 1. The molecule has 6 nitrogen and oxygen atoms in total. The van der Waals surface area contributed by atoms with Crippen molar-refractivity contribution in [1.82, 2.24) is 9.55 Å². The van der Waals surface area contributed by atoms with Gasteiger partial charge in [0.1, 0.15) is 22.8 Å². The molecule has 0 saturated heterocycles. The number of carbonyl (C=O) groups is 1. The number of nitrogens with one attached hydrogen (secondary N) is 1. The molecule has 0 radical (unpaired) electrons. The predicted molar refractivity (Wildman–Crippen MR) is 108 cm³/mol. The molecule has 1 amide bonds. The second-order valence-electron chi connectivity index (χ2n) is 6.10. The lowest BCUT2D eigenvalue weighted by atomic mass is 10.2. The maximum absolute atomic E-state index is 12.9. The molecule has 4 aromatic rings. The average molecular weight is 379 g/mol. The van der Waals surface area contributed by atoms with Crippen molar-refractivity contribution >= 4 is 43.2 Å². The number of thiophene rings is 1. The van der Waals surface area contributed by atoms with Crippen LogP contribution in [0.2, 0.25) is 0 Å². The molecule has 136 valence electrons. The molecule has 27 heavy (non-hydrogen) atoms. The summed E-state index contributed by atoms with van der Waals surface area (Å²) in [5.74, 6) is 0.938. The Labute approximate surface area is 159 Å². The maximum Gasteiger partial charge on any atom is 0.272 e. The summed E-state index contributed by atoms with van der Waals surface area (Å²) >= 11 is 1.40. The van der Waals surface area contributed by atoms with Crippen LogP contribution in [0.5, 0.6) is 5.75 Å². The summed E-state index contributed by atoms with van der Waals surface area (Å²) in [5.41, 5.74) is 1.15. The fourth-order valence-corrected chi connectivity index (χ4v) is 4.08. The minimum atomic E-state index is -0.285. The highest BCUT2D eigenvalue weighted by Crippen LogP contribution is 2.30. The molecular formula is C20H17N3O3S. The quantitative estimate of drug-likeness (QED) is 0.588. The molecule has 7 heteroatoms. The standard InChI is InChI=1S/C20H17N3O3S/c1-12-21-18-15-5-3-4-6-16(15)27-19(18)20(25)23(12)11-17(24)22-13-7-9-14(26-2)10-8-13/h3-10H,11H2,1-2H3,(H,22,24). The highest BCUT2D eigenvalue weighted by molar-refractivity contribution is 7.25. The summed E-state index contributed by atoms with van der Waals surface area (Å²) in [7, 11) is 1.58. The zero-order chi connectivity index (χ0) is 19.0. The molecule has 0 saturated carbocycles. The third kappa shape index (κ3) is 3.17. The van der Waals surface area contributed by atoms with E-state index in [2.05, 4.69) is 10.3 Å². The molecule has 0 aliphatic heterocycles. The van der Waals surface area contributed by atoms with Crippen LogP contribution in [0.3, 0.4) is 0 Å². The number of fused-ring (bicyclic) bond motifs is 3. The number of aromatic nitrogens is 2. The first-order valence-corrected chi connectivity index (χ1v) is 9.21. The molecule has 0 spiro atoms. The summed E-state index contributed by atoms with van der Waals surface area (Å²) in [6, 6.07) is 14.8. The first-order valence-electron chi connectivity index (χ1n) is 8.39. The van der Waals surface area contributed by atoms with Crippen LogP contribution in [0.15, 0.2) is 53.3 Å². The summed E-state index contributed by atoms with van der Waals surface area (Å²) < 4.78 is 8.09. The fraction of sp³-hybridized carbons (Fsp3) is 0.150. The van der Waals surface area contributed by atoms with E-state index in [1.807, 2.05) is 24.3 Å². The Balaban J connectivity index is 1.65. The Morgan fingerprint density at radius 1 is 1.19 bits per heavy atom. The lowest BCUT2D eigenvalue weighted by Gasteiger charge is -2.10. The van der Waals surface area contributed by atoms with Gasteiger partial charge in [-0.15, -0.1) is 11.3 Å². The van der Waals surface area contributed by atoms with E-state index in [0.717, 1.165) is 10.1 Å². The molecule has 0 aliphatic carbocycles. The Morgan fingerprint density at radius 2 is 1.93 bits per heavy atom. The zero-order valence-corrected chi connectivity index (χ0v) is 15.7. The van der Waals surface area contributed by atoms with E-state index in [-0.39, 0.29) is 18.0 Å². The maximum atomic E-state index is 12.9. The first-order chi connectivity index (χ1) is 13.1. The number of methoxy groups -OCH3 is 1. The first kappa shape index (κ1) is 17.2. The summed E-state index contributed by atoms with van der Waals surface area (Å²) in [6.07, 6.45) is 0. The molecule has 2 aromatic heterocycles. The molecule has 2 aromatic carbocycles. The van der Waals surface area contributed by atoms with Crippen LogP contribution in [-0.4, -0.2) is 22.6 Å². The van der Waals surface area contributed by atoms with Gasteiger partial charge in [0.05, 0.1) is 12.6 Å². The smallest absolute Gasteiger partial charge is 0.272 e. The number of amides is 1. The fourth-order valence-electron chi connectivity index (χ4n) is 2.98. The second-order valence-corrected chi connectivity index (χ2v) is 7.16. The predicted octanol–water partition coefficient (Wildman–Crippen LogP) is 3.57. The minimum absolute atomic E-state index is 0.0894. The Morgan fingerprint density at radius 3 is 2.67 bits per heavy atom. The lowest BCUT2D eigenvalue weighted by Crippen LogP contribution is -2.29. The Bertz CT molecular complexity index is 1210. The summed E-state index contributed by atoms with van der Waals surface area (Å²) in [5, 5.41) is 3.76. The third-order valence-corrected chi connectivity index (χ3v) is 5.50. The van der Waals surface area contributed by atoms with Crippen molar-refractivity contribution in [3.8, 4) is 5.75 Å². The lowest BCUT2D eigenvalue weighted by molar-refractivity contribution is -0.116. The van der Waals surface area contributed by atoms with Gasteiger partial charge in [-0.3, -0.25) is 14.2 Å². The van der Waals surface area contributed by atoms with E-state index >= 15 is 0 Å². The van der Waals surface area contributed by atoms with Gasteiger partial charge in [0.2, 0.25) is 5.91 Å². The number of ether oxygens (including phenoxy) is 1. The largest absolute Gasteiger partial charge is 0.497 e. The van der Waals surface area contributed by atoms with Gasteiger partial charge in [-0.05, 0) is 37.3 Å². The van der Waals surface area contributed by atoms with Crippen LogP contribution < -0.4 is 15.6 Å². The topological polar surface area (TPSA) is 73.2 Å². The van der Waals surface area contributed by atoms with Crippen LogP contribution in [0, 0.1) is 6.92 Å². The van der Waals surface area contributed by atoms with Gasteiger partial charge >= 0.3 is 0 Å². The van der Waals surface area contributed by atoms with Crippen molar-refractivity contribution in [3.63, 3.8) is 0 Å². The van der Waals surface area contributed by atoms with E-state index in [1.54, 1.807) is 38.3 Å². The van der Waals surface area contributed by atoms with Crippen LogP contribution in [0.25, 0.3) is 20.3 Å². The van der Waals surface area contributed by atoms with Crippen LogP contribution in [0.4, 0.5) is 5.69 Å². The summed E-state index contributed by atoms with van der Waals surface area (Å²) in [6.45, 7) is 1.65. The van der Waals surface area contributed by atoms with Crippen molar-refractivity contribution in [2.45, 2.75) is 13.5 Å². The van der Waals surface area contributed by atoms with Crippen LogP contribution in [-0.2, 0) is 11.3 Å². The van der Waals surface area contributed by atoms with Gasteiger partial charge in [0, 0.05) is 15.8 Å². The SMILES string of the molecule is COc1ccc(NC(=O)Cn2c(C)nc3c(sc4ccccc43)c2=O)cc1. The zero-order valence-electron chi connectivity index (χ0n) is 14.9. The Kier molecular flexibility index (Phi) is 4.37. The normalized spacial score (nSPS) is 11.0. The molecule has 0 aliphatic rings. The highest BCUT2D eigenvalue weighted by atomic mass is 32.1. The number of aryl methyl sites for hydroxylation is 1. The average Bonchev–Trinajstić information content (AvgIpc) is 3.04.